The second kappa shape index (κ2) is 6.12. The van der Waals surface area contributed by atoms with Crippen molar-refractivity contribution in [3.8, 4) is 11.4 Å². The third kappa shape index (κ3) is 3.32. The van der Waals surface area contributed by atoms with Crippen LogP contribution in [0.3, 0.4) is 0 Å². The summed E-state index contributed by atoms with van der Waals surface area (Å²) in [5, 5.41) is 0. The lowest BCUT2D eigenvalue weighted by atomic mass is 10.2. The fourth-order valence-electron chi connectivity index (χ4n) is 2.51. The molecule has 1 aromatic heterocycles. The minimum atomic E-state index is 0.543. The van der Waals surface area contributed by atoms with Crippen LogP contribution in [0.2, 0.25) is 0 Å². The average molecular weight is 282 g/mol. The highest BCUT2D eigenvalue weighted by molar-refractivity contribution is 5.61. The zero-order chi connectivity index (χ0) is 14.7. The molecule has 0 bridgehead atoms. The monoisotopic (exact) mass is 282 g/mol. The molecule has 110 valence electrons. The van der Waals surface area contributed by atoms with Gasteiger partial charge in [0.15, 0.2) is 5.82 Å². The maximum Gasteiger partial charge on any atom is 0.163 e. The summed E-state index contributed by atoms with van der Waals surface area (Å²) in [5.41, 5.74) is 7.02. The second-order valence-electron chi connectivity index (χ2n) is 5.62. The van der Waals surface area contributed by atoms with Gasteiger partial charge in [-0.1, -0.05) is 43.7 Å². The second-order valence-corrected chi connectivity index (χ2v) is 5.62. The Hall–Kier alpha value is -2.10. The van der Waals surface area contributed by atoms with Gasteiger partial charge in [0.05, 0.1) is 0 Å². The quantitative estimate of drug-likeness (QED) is 0.881. The Bertz CT molecular complexity index is 593. The van der Waals surface area contributed by atoms with E-state index < -0.39 is 0 Å². The molecule has 4 heteroatoms. The zero-order valence-electron chi connectivity index (χ0n) is 12.5. The van der Waals surface area contributed by atoms with E-state index in [4.69, 9.17) is 10.7 Å². The molecule has 0 saturated heterocycles. The lowest BCUT2D eigenvalue weighted by molar-refractivity contribution is 0.704. The van der Waals surface area contributed by atoms with Crippen molar-refractivity contribution in [2.24, 2.45) is 0 Å². The number of nitrogen functional groups attached to an aromatic ring is 1. The van der Waals surface area contributed by atoms with Crippen LogP contribution < -0.4 is 10.6 Å². The van der Waals surface area contributed by atoms with Crippen LogP contribution in [0, 0.1) is 0 Å². The van der Waals surface area contributed by atoms with Gasteiger partial charge in [-0.2, -0.15) is 0 Å². The predicted octanol–water partition coefficient (Wildman–Crippen LogP) is 3.49. The van der Waals surface area contributed by atoms with E-state index in [1.165, 1.54) is 25.7 Å². The van der Waals surface area contributed by atoms with Crippen LogP contribution in [0.4, 0.5) is 11.6 Å². The van der Waals surface area contributed by atoms with E-state index >= 15 is 0 Å². The fraction of sp³-hybridized carbons (Fsp3) is 0.412. The largest absolute Gasteiger partial charge is 0.384 e. The van der Waals surface area contributed by atoms with Crippen molar-refractivity contribution in [2.75, 3.05) is 17.2 Å². The Morgan fingerprint density at radius 1 is 1.19 bits per heavy atom. The van der Waals surface area contributed by atoms with Crippen molar-refractivity contribution in [1.29, 1.82) is 0 Å². The highest BCUT2D eigenvalue weighted by Gasteiger charge is 2.30. The molecule has 21 heavy (non-hydrogen) atoms. The standard InChI is InChI=1S/C17H22N4/c1-2-3-11-21(14-9-10-14)16-12-15(18)19-17(20-16)13-7-5-4-6-8-13/h4-8,12,14H,2-3,9-11H2,1H3,(H2,18,19,20). The molecule has 0 radical (unpaired) electrons. The third-order valence-corrected chi connectivity index (χ3v) is 3.80. The van der Waals surface area contributed by atoms with Crippen molar-refractivity contribution in [1.82, 2.24) is 9.97 Å². The molecule has 4 nitrogen and oxygen atoms in total. The minimum absolute atomic E-state index is 0.543. The van der Waals surface area contributed by atoms with Gasteiger partial charge >= 0.3 is 0 Å². The summed E-state index contributed by atoms with van der Waals surface area (Å²) in [6.07, 6.45) is 4.89. The molecule has 0 spiro atoms. The van der Waals surface area contributed by atoms with Crippen molar-refractivity contribution >= 4 is 11.6 Å². The molecule has 2 N–H and O–H groups in total. The van der Waals surface area contributed by atoms with Gasteiger partial charge in [-0.3, -0.25) is 0 Å². The summed E-state index contributed by atoms with van der Waals surface area (Å²) in [6, 6.07) is 12.6. The predicted molar refractivity (Wildman–Crippen MR) is 87.2 cm³/mol. The number of aromatic nitrogens is 2. The van der Waals surface area contributed by atoms with Crippen LogP contribution in [0.15, 0.2) is 36.4 Å². The van der Waals surface area contributed by atoms with Gasteiger partial charge in [0.25, 0.3) is 0 Å². The Balaban J connectivity index is 1.93. The Labute approximate surface area is 126 Å². The van der Waals surface area contributed by atoms with Crippen molar-refractivity contribution in [3.05, 3.63) is 36.4 Å². The van der Waals surface area contributed by atoms with Crippen molar-refractivity contribution in [2.45, 2.75) is 38.6 Å². The van der Waals surface area contributed by atoms with Crippen LogP contribution >= 0.6 is 0 Å². The van der Waals surface area contributed by atoms with Gasteiger partial charge in [-0.05, 0) is 19.3 Å². The summed E-state index contributed by atoms with van der Waals surface area (Å²) < 4.78 is 0. The first-order chi connectivity index (χ1) is 10.3. The number of anilines is 2. The van der Waals surface area contributed by atoms with Gasteiger partial charge in [0.1, 0.15) is 11.6 Å². The number of nitrogens with zero attached hydrogens (tertiary/aromatic N) is 3. The molecule has 1 heterocycles. The van der Waals surface area contributed by atoms with E-state index in [9.17, 15) is 0 Å². The van der Waals surface area contributed by atoms with Crippen molar-refractivity contribution < 1.29 is 0 Å². The molecule has 3 rings (SSSR count). The Morgan fingerprint density at radius 2 is 1.95 bits per heavy atom. The molecule has 1 aromatic carbocycles. The summed E-state index contributed by atoms with van der Waals surface area (Å²) in [5.74, 6) is 2.23. The number of benzene rings is 1. The number of rotatable bonds is 6. The van der Waals surface area contributed by atoms with Crippen LogP contribution in [-0.4, -0.2) is 22.6 Å². The first-order valence-corrected chi connectivity index (χ1v) is 7.74. The van der Waals surface area contributed by atoms with Crippen LogP contribution in [0.1, 0.15) is 32.6 Å². The molecule has 0 atom stereocenters. The maximum absolute atomic E-state index is 6.01. The van der Waals surface area contributed by atoms with Gasteiger partial charge in [-0.25, -0.2) is 9.97 Å². The smallest absolute Gasteiger partial charge is 0.163 e. The van der Waals surface area contributed by atoms with E-state index in [0.717, 1.165) is 17.9 Å². The summed E-state index contributed by atoms with van der Waals surface area (Å²) in [4.78, 5) is 11.5. The number of hydrogen-bond acceptors (Lipinski definition) is 4. The van der Waals surface area contributed by atoms with Gasteiger partial charge in [0.2, 0.25) is 0 Å². The number of hydrogen-bond donors (Lipinski definition) is 1. The lowest BCUT2D eigenvalue weighted by Gasteiger charge is -2.24. The third-order valence-electron chi connectivity index (χ3n) is 3.80. The lowest BCUT2D eigenvalue weighted by Crippen LogP contribution is -2.28. The maximum atomic E-state index is 6.01. The minimum Gasteiger partial charge on any atom is -0.384 e. The van der Waals surface area contributed by atoms with Crippen molar-refractivity contribution in [3.63, 3.8) is 0 Å². The molecule has 0 amide bonds. The first kappa shape index (κ1) is 13.9. The SMILES string of the molecule is CCCCN(c1cc(N)nc(-c2ccccc2)n1)C1CC1. The number of nitrogens with two attached hydrogens (primary N) is 1. The Kier molecular flexibility index (Phi) is 4.04. The highest BCUT2D eigenvalue weighted by atomic mass is 15.2. The van der Waals surface area contributed by atoms with E-state index in [-0.39, 0.29) is 0 Å². The summed E-state index contributed by atoms with van der Waals surface area (Å²) in [6.45, 7) is 3.26. The van der Waals surface area contributed by atoms with Gasteiger partial charge < -0.3 is 10.6 Å². The highest BCUT2D eigenvalue weighted by Crippen LogP contribution is 2.32. The molecule has 2 aromatic rings. The van der Waals surface area contributed by atoms with Gasteiger partial charge in [0, 0.05) is 24.2 Å². The van der Waals surface area contributed by atoms with Crippen LogP contribution in [0.25, 0.3) is 11.4 Å². The molecular weight excluding hydrogens is 260 g/mol. The normalized spacial score (nSPS) is 14.1. The fourth-order valence-corrected chi connectivity index (χ4v) is 2.51. The van der Waals surface area contributed by atoms with E-state index in [0.29, 0.717) is 17.7 Å². The molecular formula is C17H22N4. The molecule has 1 aliphatic carbocycles. The van der Waals surface area contributed by atoms with Crippen LogP contribution in [0.5, 0.6) is 0 Å². The molecule has 0 unspecified atom stereocenters. The van der Waals surface area contributed by atoms with Crippen LogP contribution in [-0.2, 0) is 0 Å². The van der Waals surface area contributed by atoms with Gasteiger partial charge in [-0.15, -0.1) is 0 Å². The van der Waals surface area contributed by atoms with E-state index in [2.05, 4.69) is 16.8 Å². The molecule has 1 fully saturated rings. The molecule has 1 saturated carbocycles. The van der Waals surface area contributed by atoms with E-state index in [1.54, 1.807) is 0 Å². The topological polar surface area (TPSA) is 55.0 Å². The summed E-state index contributed by atoms with van der Waals surface area (Å²) >= 11 is 0. The number of unbranched alkanes of at least 4 members (excludes halogenated alkanes) is 1. The summed E-state index contributed by atoms with van der Waals surface area (Å²) in [7, 11) is 0. The zero-order valence-corrected chi connectivity index (χ0v) is 12.5. The Morgan fingerprint density at radius 3 is 2.62 bits per heavy atom. The average Bonchev–Trinajstić information content (AvgIpc) is 3.33. The van der Waals surface area contributed by atoms with E-state index in [1.807, 2.05) is 36.4 Å². The molecule has 1 aliphatic rings. The first-order valence-electron chi connectivity index (χ1n) is 7.74. The molecule has 0 aliphatic heterocycles.